The standard InChI is InChI=1S/C29H25N3O4S.C20H19F3N3.CNS.Ru/c1-2-3-4-5-6-22-11-14-37-29(22)8-7-21-9-12-30-25(15-21)27-17-24(36-20-34)18-28(32-27)26-16-23(35-19-33)10-13-31-26;1-2-3-4-5-14-6-8-15(9-7-14)16-10-11-17(24-13-16)18-12-19(26-25-18)20(21,22)23;2-1-3;/h9-20H,2-6H2,1H3;6-13H,2-5H2,1H3;;/q;2*-1;+2. The summed E-state index contributed by atoms with van der Waals surface area (Å²) in [5.74, 6) is 7.16. The molecule has 0 atom stereocenters. The van der Waals surface area contributed by atoms with Crippen molar-refractivity contribution in [2.45, 2.75) is 77.8 Å². The molecule has 0 aliphatic rings. The number of halogens is 3. The van der Waals surface area contributed by atoms with Crippen LogP contribution in [0.3, 0.4) is 0 Å². The molecule has 17 heteroatoms. The SMILES string of the molecule is CCCCCCc1ccsc1C#Cc1ccnc(-c2cc(OC=O)cc(-c3cc(OC=O)ccn3)n2)c1.CCCCCc1ccc(-c2ccc(-c3cc(C(F)(F)F)n[n-]3)nc2)cc1.[N-]=C=S.[Ru+2]. The van der Waals surface area contributed by atoms with Crippen molar-refractivity contribution in [3.8, 4) is 68.6 Å². The Bertz CT molecular complexity index is 2750. The van der Waals surface area contributed by atoms with E-state index < -0.39 is 11.9 Å². The van der Waals surface area contributed by atoms with Crippen LogP contribution in [0, 0.1) is 11.8 Å². The summed E-state index contributed by atoms with van der Waals surface area (Å²) in [6, 6.07) is 24.9. The summed E-state index contributed by atoms with van der Waals surface area (Å²) in [6.07, 6.45) is 10.9. The van der Waals surface area contributed by atoms with Crippen molar-refractivity contribution in [1.82, 2.24) is 30.1 Å². The Hall–Kier alpha value is -6.56. The first-order valence-corrected chi connectivity index (χ1v) is 22.3. The first-order valence-electron chi connectivity index (χ1n) is 21.0. The maximum absolute atomic E-state index is 12.6. The van der Waals surface area contributed by atoms with Gasteiger partial charge in [-0.15, -0.1) is 11.3 Å². The van der Waals surface area contributed by atoms with Crippen LogP contribution < -0.4 is 14.6 Å². The zero-order valence-electron chi connectivity index (χ0n) is 36.5. The number of rotatable bonds is 17. The fourth-order valence-corrected chi connectivity index (χ4v) is 7.25. The van der Waals surface area contributed by atoms with E-state index in [4.69, 9.17) is 14.9 Å². The minimum atomic E-state index is -4.50. The number of ether oxygens (including phenoxy) is 2. The number of hydrogen-bond donors (Lipinski definition) is 0. The molecule has 0 saturated carbocycles. The van der Waals surface area contributed by atoms with E-state index in [1.807, 2.05) is 30.3 Å². The Kier molecular flexibility index (Phi) is 22.0. The number of pyridine rings is 4. The maximum atomic E-state index is 12.6. The van der Waals surface area contributed by atoms with Crippen LogP contribution in [0.5, 0.6) is 11.5 Å². The predicted molar refractivity (Wildman–Crippen MR) is 253 cm³/mol. The van der Waals surface area contributed by atoms with Gasteiger partial charge >= 0.3 is 25.7 Å². The van der Waals surface area contributed by atoms with Gasteiger partial charge in [-0.2, -0.15) is 18.3 Å². The Morgan fingerprint density at radius 2 is 1.34 bits per heavy atom. The number of unbranched alkanes of at least 4 members (excludes halogenated alkanes) is 5. The van der Waals surface area contributed by atoms with Crippen LogP contribution in [0.2, 0.25) is 0 Å². The average Bonchev–Trinajstić information content (AvgIpc) is 4.02. The third-order valence-electron chi connectivity index (χ3n) is 9.76. The summed E-state index contributed by atoms with van der Waals surface area (Å²) in [7, 11) is 0. The zero-order chi connectivity index (χ0) is 47.2. The van der Waals surface area contributed by atoms with Gasteiger partial charge in [-0.05, 0) is 84.2 Å². The second-order valence-corrected chi connectivity index (χ2v) is 15.5. The van der Waals surface area contributed by atoms with Gasteiger partial charge in [0.05, 0.1) is 27.7 Å². The molecule has 0 N–H and O–H groups in total. The molecule has 1 aromatic carbocycles. The van der Waals surface area contributed by atoms with Gasteiger partial charge in [0.2, 0.25) is 0 Å². The Morgan fingerprint density at radius 1 is 0.716 bits per heavy atom. The van der Waals surface area contributed by atoms with Crippen molar-refractivity contribution in [2.24, 2.45) is 0 Å². The molecular weight excluding hydrogens is 985 g/mol. The minimum Gasteiger partial charge on any atom is -0.753 e. The van der Waals surface area contributed by atoms with E-state index in [9.17, 15) is 22.8 Å². The van der Waals surface area contributed by atoms with Crippen molar-refractivity contribution < 1.29 is 51.7 Å². The van der Waals surface area contributed by atoms with E-state index in [0.29, 0.717) is 47.2 Å². The first kappa shape index (κ1) is 53.1. The molecule has 0 saturated heterocycles. The summed E-state index contributed by atoms with van der Waals surface area (Å²) in [5.41, 5.74) is 6.72. The molecule has 6 aromatic heterocycles. The molecule has 7 aromatic rings. The van der Waals surface area contributed by atoms with Crippen molar-refractivity contribution in [2.75, 3.05) is 0 Å². The first-order chi connectivity index (χ1) is 32.1. The Balaban J connectivity index is 0.000000287. The van der Waals surface area contributed by atoms with Gasteiger partial charge in [0.1, 0.15) is 17.2 Å². The van der Waals surface area contributed by atoms with Crippen molar-refractivity contribution in [3.63, 3.8) is 0 Å². The van der Waals surface area contributed by atoms with E-state index in [-0.39, 0.29) is 30.9 Å². The van der Waals surface area contributed by atoms with Crippen LogP contribution in [-0.4, -0.2) is 43.1 Å². The molecule has 7 rings (SSSR count). The minimum absolute atomic E-state index is 0. The van der Waals surface area contributed by atoms with Crippen LogP contribution in [-0.2, 0) is 48.1 Å². The molecule has 67 heavy (non-hydrogen) atoms. The third kappa shape index (κ3) is 16.7. The quantitative estimate of drug-likeness (QED) is 0.0214. The third-order valence-corrected chi connectivity index (χ3v) is 10.6. The topological polar surface area (TPSA) is 153 Å². The van der Waals surface area contributed by atoms with Gasteiger partial charge in [-0.1, -0.05) is 106 Å². The smallest absolute Gasteiger partial charge is 0.753 e. The number of carbonyl (C=O) groups excluding carboxylic acids is 2. The molecule has 0 aliphatic heterocycles. The number of alkyl halides is 3. The van der Waals surface area contributed by atoms with Crippen molar-refractivity contribution >= 4 is 41.7 Å². The molecule has 6 heterocycles. The monoisotopic (exact) mass is 1030 g/mol. The van der Waals surface area contributed by atoms with Gasteiger partial charge in [-0.3, -0.25) is 24.5 Å². The summed E-state index contributed by atoms with van der Waals surface area (Å²) >= 11 is 5.35. The Morgan fingerprint density at radius 3 is 1.99 bits per heavy atom. The second kappa shape index (κ2) is 27.8. The molecule has 0 unspecified atom stereocenters. The number of nitrogens with zero attached hydrogens (tertiary/aromatic N) is 7. The number of hydrogen-bond acceptors (Lipinski definition) is 11. The van der Waals surface area contributed by atoms with Crippen LogP contribution in [0.4, 0.5) is 13.2 Å². The van der Waals surface area contributed by atoms with Crippen LogP contribution in [0.25, 0.3) is 50.7 Å². The van der Waals surface area contributed by atoms with Crippen LogP contribution >= 0.6 is 23.6 Å². The van der Waals surface area contributed by atoms with Crippen LogP contribution in [0.15, 0.2) is 109 Å². The average molecular weight is 1030 g/mol. The van der Waals surface area contributed by atoms with Gasteiger partial charge in [0.15, 0.2) is 0 Å². The molecule has 0 spiro atoms. The van der Waals surface area contributed by atoms with Crippen LogP contribution in [0.1, 0.15) is 86.1 Å². The fourth-order valence-electron chi connectivity index (χ4n) is 6.45. The van der Waals surface area contributed by atoms with E-state index in [0.717, 1.165) is 40.5 Å². The van der Waals surface area contributed by atoms with Gasteiger partial charge in [0.25, 0.3) is 12.9 Å². The summed E-state index contributed by atoms with van der Waals surface area (Å²) in [4.78, 5) is 40.5. The Labute approximate surface area is 409 Å². The molecule has 0 bridgehead atoms. The number of thiocarbonyl (C=S) groups is 1. The summed E-state index contributed by atoms with van der Waals surface area (Å²) < 4.78 is 47.8. The van der Waals surface area contributed by atoms with E-state index in [2.05, 4.69) is 91.6 Å². The van der Waals surface area contributed by atoms with E-state index in [1.165, 1.54) is 67.4 Å². The van der Waals surface area contributed by atoms with Gasteiger partial charge in [0, 0.05) is 53.6 Å². The number of carbonyl (C=O) groups is 2. The predicted octanol–water partition coefficient (Wildman–Crippen LogP) is 12.0. The van der Waals surface area contributed by atoms with E-state index >= 15 is 0 Å². The summed E-state index contributed by atoms with van der Waals surface area (Å²) in [6.45, 7) is 5.08. The van der Waals surface area contributed by atoms with Gasteiger partial charge < -0.3 is 25.1 Å². The largest absolute Gasteiger partial charge is 2.00 e. The second-order valence-electron chi connectivity index (χ2n) is 14.4. The van der Waals surface area contributed by atoms with Crippen molar-refractivity contribution in [1.29, 1.82) is 0 Å². The molecular formula is C50H44F3N7O4RuS2. The number of benzene rings is 1. The number of aromatic nitrogens is 6. The molecule has 344 valence electrons. The molecule has 11 nitrogen and oxygen atoms in total. The van der Waals surface area contributed by atoms with Crippen molar-refractivity contribution in [3.05, 3.63) is 142 Å². The molecule has 0 aliphatic carbocycles. The summed E-state index contributed by atoms with van der Waals surface area (Å²) in [5, 5.41) is 17.3. The number of thiophene rings is 1. The maximum Gasteiger partial charge on any atom is 2.00 e. The molecule has 0 amide bonds. The zero-order valence-corrected chi connectivity index (χ0v) is 39.8. The number of isothiocyanates is 1. The normalized spacial score (nSPS) is 10.3. The fraction of sp³-hybridized carbons (Fsp3) is 0.240. The number of aryl methyl sites for hydroxylation is 2. The molecule has 0 radical (unpaired) electrons. The van der Waals surface area contributed by atoms with E-state index in [1.54, 1.807) is 54.1 Å². The van der Waals surface area contributed by atoms with Gasteiger partial charge in [-0.25, -0.2) is 4.98 Å². The molecule has 0 fully saturated rings.